The molecule has 1 unspecified atom stereocenters. The predicted molar refractivity (Wildman–Crippen MR) is 120 cm³/mol. The van der Waals surface area contributed by atoms with E-state index in [9.17, 15) is 9.59 Å². The fourth-order valence-electron chi connectivity index (χ4n) is 3.68. The monoisotopic (exact) mass is 441 g/mol. The number of fused-ring (bicyclic) bond motifs is 2. The lowest BCUT2D eigenvalue weighted by Gasteiger charge is -2.32. The maximum absolute atomic E-state index is 9.55. The van der Waals surface area contributed by atoms with Crippen LogP contribution in [0, 0.1) is 0 Å². The number of nitrogens with zero attached hydrogens (tertiary/aromatic N) is 1. The average molecular weight is 442 g/mol. The van der Waals surface area contributed by atoms with Gasteiger partial charge in [0.2, 0.25) is 0 Å². The van der Waals surface area contributed by atoms with Crippen molar-refractivity contribution in [1.82, 2.24) is 4.90 Å². The molecule has 2 aromatic rings. The minimum Gasteiger partial charge on any atom is -0.478 e. The molecule has 6 nitrogen and oxygen atoms in total. The van der Waals surface area contributed by atoms with E-state index in [-0.39, 0.29) is 6.10 Å². The summed E-state index contributed by atoms with van der Waals surface area (Å²) in [6.45, 7) is 2.27. The number of ether oxygens (including phenoxy) is 1. The minimum absolute atomic E-state index is 0.0748. The molecule has 164 valence electrons. The minimum atomic E-state index is -1.26. The van der Waals surface area contributed by atoms with Crippen molar-refractivity contribution in [1.29, 1.82) is 0 Å². The number of carbonyl (C=O) groups is 2. The van der Waals surface area contributed by atoms with Crippen LogP contribution in [-0.2, 0) is 20.1 Å². The molecular formula is C24H27NO5S. The Morgan fingerprint density at radius 2 is 1.55 bits per heavy atom. The van der Waals surface area contributed by atoms with Gasteiger partial charge >= 0.3 is 11.9 Å². The van der Waals surface area contributed by atoms with Crippen LogP contribution in [0.4, 0.5) is 0 Å². The molecule has 2 aliphatic rings. The van der Waals surface area contributed by atoms with E-state index in [1.165, 1.54) is 21.6 Å². The zero-order valence-electron chi connectivity index (χ0n) is 17.4. The van der Waals surface area contributed by atoms with Crippen molar-refractivity contribution in [3.8, 4) is 0 Å². The highest BCUT2D eigenvalue weighted by Crippen LogP contribution is 2.42. The molecule has 7 heteroatoms. The van der Waals surface area contributed by atoms with E-state index < -0.39 is 11.9 Å². The number of carboxylic acids is 2. The number of hydrogen-bond donors (Lipinski definition) is 2. The Labute approximate surface area is 186 Å². The molecule has 0 radical (unpaired) electrons. The molecule has 2 aliphatic heterocycles. The van der Waals surface area contributed by atoms with Gasteiger partial charge in [-0.25, -0.2) is 9.59 Å². The average Bonchev–Trinajstić information content (AvgIpc) is 2.92. The third-order valence-electron chi connectivity index (χ3n) is 5.28. The Kier molecular flexibility index (Phi) is 8.28. The Balaban J connectivity index is 0.000000293. The van der Waals surface area contributed by atoms with Gasteiger partial charge in [-0.15, -0.1) is 11.8 Å². The fourth-order valence-corrected chi connectivity index (χ4v) is 4.77. The summed E-state index contributed by atoms with van der Waals surface area (Å²) in [5.41, 5.74) is 4.09. The first-order chi connectivity index (χ1) is 14.9. The maximum Gasteiger partial charge on any atom is 0.328 e. The van der Waals surface area contributed by atoms with Crippen LogP contribution in [0.15, 0.2) is 65.6 Å². The highest BCUT2D eigenvalue weighted by atomic mass is 32.2. The lowest BCUT2D eigenvalue weighted by atomic mass is 9.96. The van der Waals surface area contributed by atoms with Gasteiger partial charge in [-0.3, -0.25) is 0 Å². The number of thioether (sulfide) groups is 1. The summed E-state index contributed by atoms with van der Waals surface area (Å²) in [5.74, 6) is -1.49. The molecule has 0 spiro atoms. The van der Waals surface area contributed by atoms with Crippen LogP contribution in [-0.4, -0.2) is 53.3 Å². The van der Waals surface area contributed by atoms with Crippen LogP contribution in [0.2, 0.25) is 0 Å². The van der Waals surface area contributed by atoms with E-state index >= 15 is 0 Å². The Hall–Kier alpha value is -2.61. The van der Waals surface area contributed by atoms with E-state index in [2.05, 4.69) is 60.5 Å². The summed E-state index contributed by atoms with van der Waals surface area (Å²) in [7, 11) is 2.20. The van der Waals surface area contributed by atoms with Crippen LogP contribution >= 0.6 is 11.8 Å². The van der Waals surface area contributed by atoms with Gasteiger partial charge in [0.25, 0.3) is 0 Å². The number of hydrogen-bond acceptors (Lipinski definition) is 5. The van der Waals surface area contributed by atoms with Gasteiger partial charge in [0.1, 0.15) is 6.10 Å². The third-order valence-corrected chi connectivity index (χ3v) is 6.42. The number of carboxylic acid groups (broad SMARTS) is 2. The number of benzene rings is 2. The Morgan fingerprint density at radius 3 is 2.19 bits per heavy atom. The molecule has 2 heterocycles. The number of rotatable bonds is 4. The summed E-state index contributed by atoms with van der Waals surface area (Å²) < 4.78 is 6.67. The molecule has 2 aromatic carbocycles. The molecule has 1 saturated heterocycles. The van der Waals surface area contributed by atoms with Crippen LogP contribution in [0.25, 0.3) is 0 Å². The van der Waals surface area contributed by atoms with Gasteiger partial charge < -0.3 is 19.8 Å². The zero-order chi connectivity index (χ0) is 22.2. The van der Waals surface area contributed by atoms with Gasteiger partial charge in [-0.1, -0.05) is 42.5 Å². The molecule has 1 fully saturated rings. The van der Waals surface area contributed by atoms with Crippen molar-refractivity contribution in [2.45, 2.75) is 35.7 Å². The second-order valence-corrected chi connectivity index (χ2v) is 8.57. The summed E-state index contributed by atoms with van der Waals surface area (Å²) in [6, 6.07) is 17.5. The standard InChI is InChI=1S/C20H23NOS.C4H4O4/c1-21-12-10-16(11-13-21)22-20-17-7-3-2-6-15(17)14-23-19-9-5-4-8-18(19)20;5-3(6)1-2-4(7)8/h2-9,16,20H,10-14H2,1H3;1-2H,(H,5,6)(H,7,8)/b;2-1-. The summed E-state index contributed by atoms with van der Waals surface area (Å²) in [6.07, 6.45) is 3.81. The summed E-state index contributed by atoms with van der Waals surface area (Å²) >= 11 is 1.93. The molecule has 0 saturated carbocycles. The molecule has 31 heavy (non-hydrogen) atoms. The predicted octanol–water partition coefficient (Wildman–Crippen LogP) is 4.20. The summed E-state index contributed by atoms with van der Waals surface area (Å²) in [5, 5.41) is 15.6. The van der Waals surface area contributed by atoms with Crippen molar-refractivity contribution in [3.05, 3.63) is 77.4 Å². The lowest BCUT2D eigenvalue weighted by Crippen LogP contribution is -2.35. The third kappa shape index (κ3) is 6.69. The van der Waals surface area contributed by atoms with Crippen LogP contribution in [0.1, 0.15) is 35.6 Å². The number of aliphatic carboxylic acids is 2. The molecule has 0 amide bonds. The fraction of sp³-hybridized carbons (Fsp3) is 0.333. The lowest BCUT2D eigenvalue weighted by molar-refractivity contribution is -0.134. The van der Waals surface area contributed by atoms with E-state index in [4.69, 9.17) is 14.9 Å². The first-order valence-electron chi connectivity index (χ1n) is 10.2. The van der Waals surface area contributed by atoms with Crippen molar-refractivity contribution in [2.24, 2.45) is 0 Å². The van der Waals surface area contributed by atoms with Crippen molar-refractivity contribution in [3.63, 3.8) is 0 Å². The second-order valence-electron chi connectivity index (χ2n) is 7.55. The van der Waals surface area contributed by atoms with Gasteiger partial charge in [0.05, 0.1) is 6.10 Å². The molecule has 4 rings (SSSR count). The van der Waals surface area contributed by atoms with Gasteiger partial charge in [-0.05, 0) is 42.6 Å². The number of likely N-dealkylation sites (tertiary alicyclic amines) is 1. The maximum atomic E-state index is 9.55. The Morgan fingerprint density at radius 1 is 0.968 bits per heavy atom. The zero-order valence-corrected chi connectivity index (χ0v) is 18.3. The van der Waals surface area contributed by atoms with E-state index in [1.807, 2.05) is 11.8 Å². The normalized spacial score (nSPS) is 18.9. The van der Waals surface area contributed by atoms with Crippen LogP contribution < -0.4 is 0 Å². The smallest absolute Gasteiger partial charge is 0.328 e. The van der Waals surface area contributed by atoms with Gasteiger partial charge in [0.15, 0.2) is 0 Å². The largest absolute Gasteiger partial charge is 0.478 e. The number of piperidine rings is 1. The molecular weight excluding hydrogens is 414 g/mol. The van der Waals surface area contributed by atoms with Crippen molar-refractivity contribution < 1.29 is 24.5 Å². The topological polar surface area (TPSA) is 87.1 Å². The van der Waals surface area contributed by atoms with E-state index in [0.717, 1.165) is 31.7 Å². The molecule has 1 atom stereocenters. The molecule has 0 bridgehead atoms. The summed E-state index contributed by atoms with van der Waals surface area (Å²) in [4.78, 5) is 22.9. The van der Waals surface area contributed by atoms with Gasteiger partial charge in [-0.2, -0.15) is 0 Å². The highest BCUT2D eigenvalue weighted by Gasteiger charge is 2.28. The van der Waals surface area contributed by atoms with E-state index in [0.29, 0.717) is 18.3 Å². The quantitative estimate of drug-likeness (QED) is 0.688. The first-order valence-corrected chi connectivity index (χ1v) is 11.2. The van der Waals surface area contributed by atoms with Crippen LogP contribution in [0.5, 0.6) is 0 Å². The molecule has 0 aliphatic carbocycles. The van der Waals surface area contributed by atoms with E-state index in [1.54, 1.807) is 0 Å². The second kappa shape index (κ2) is 11.1. The Bertz CT molecular complexity index is 874. The first kappa shape index (κ1) is 23.1. The van der Waals surface area contributed by atoms with Crippen LogP contribution in [0.3, 0.4) is 0 Å². The van der Waals surface area contributed by atoms with Crippen molar-refractivity contribution in [2.75, 3.05) is 20.1 Å². The SMILES string of the molecule is CN1CCC(OC2c3ccccc3CSc3ccccc32)CC1.O=C(O)/C=C\C(=O)O. The van der Waals surface area contributed by atoms with Crippen molar-refractivity contribution >= 4 is 23.7 Å². The molecule has 0 aromatic heterocycles. The highest BCUT2D eigenvalue weighted by molar-refractivity contribution is 7.98. The van der Waals surface area contributed by atoms with Gasteiger partial charge in [0, 0.05) is 35.9 Å². The molecule has 2 N–H and O–H groups in total.